The van der Waals surface area contributed by atoms with Crippen LogP contribution in [0.3, 0.4) is 0 Å². The van der Waals surface area contributed by atoms with E-state index in [1.165, 1.54) is 5.56 Å². The number of hydrogen-bond acceptors (Lipinski definition) is 4. The molecular formula is C11H15N5. The number of hydrogen-bond donors (Lipinski definition) is 2. The second-order valence-corrected chi connectivity index (χ2v) is 3.57. The van der Waals surface area contributed by atoms with Crippen LogP contribution < -0.4 is 5.32 Å². The van der Waals surface area contributed by atoms with Gasteiger partial charge in [0.1, 0.15) is 12.2 Å². The molecule has 0 unspecified atom stereocenters. The molecule has 16 heavy (non-hydrogen) atoms. The molecule has 0 radical (unpaired) electrons. The molecule has 84 valence electrons. The summed E-state index contributed by atoms with van der Waals surface area (Å²) in [6.45, 7) is 1.86. The Balaban J connectivity index is 1.59. The first kappa shape index (κ1) is 10.8. The maximum Gasteiger partial charge on any atom is 0.137 e. The maximum absolute atomic E-state index is 4.07. The van der Waals surface area contributed by atoms with Gasteiger partial charge in [-0.2, -0.15) is 5.10 Å². The number of aromatic amines is 1. The van der Waals surface area contributed by atoms with Crippen molar-refractivity contribution in [1.29, 1.82) is 0 Å². The summed E-state index contributed by atoms with van der Waals surface area (Å²) in [7, 11) is 0. The average Bonchev–Trinajstić information content (AvgIpc) is 2.83. The maximum atomic E-state index is 4.07. The van der Waals surface area contributed by atoms with Crippen molar-refractivity contribution in [2.45, 2.75) is 19.4 Å². The van der Waals surface area contributed by atoms with E-state index in [0.29, 0.717) is 0 Å². The van der Waals surface area contributed by atoms with Crippen LogP contribution >= 0.6 is 0 Å². The van der Waals surface area contributed by atoms with E-state index in [1.54, 1.807) is 6.33 Å². The van der Waals surface area contributed by atoms with Gasteiger partial charge in [0.15, 0.2) is 0 Å². The van der Waals surface area contributed by atoms with E-state index in [4.69, 9.17) is 0 Å². The number of aromatic nitrogens is 4. The normalized spacial score (nSPS) is 10.5. The largest absolute Gasteiger partial charge is 0.313 e. The molecule has 0 fully saturated rings. The zero-order valence-corrected chi connectivity index (χ0v) is 9.06. The van der Waals surface area contributed by atoms with Gasteiger partial charge in [0.2, 0.25) is 0 Å². The summed E-state index contributed by atoms with van der Waals surface area (Å²) in [5.74, 6) is 0.950. The Labute approximate surface area is 94.3 Å². The minimum absolute atomic E-state index is 0.888. The van der Waals surface area contributed by atoms with Crippen LogP contribution in [0.1, 0.15) is 17.8 Å². The summed E-state index contributed by atoms with van der Waals surface area (Å²) in [6, 6.07) is 4.03. The third-order valence-corrected chi connectivity index (χ3v) is 2.31. The zero-order valence-electron chi connectivity index (χ0n) is 9.06. The smallest absolute Gasteiger partial charge is 0.137 e. The molecule has 0 saturated heterocycles. The van der Waals surface area contributed by atoms with Crippen molar-refractivity contribution < 1.29 is 0 Å². The van der Waals surface area contributed by atoms with Gasteiger partial charge in [-0.15, -0.1) is 0 Å². The topological polar surface area (TPSA) is 66.5 Å². The van der Waals surface area contributed by atoms with E-state index < -0.39 is 0 Å². The average molecular weight is 217 g/mol. The highest BCUT2D eigenvalue weighted by Crippen LogP contribution is 1.96. The van der Waals surface area contributed by atoms with Crippen LogP contribution in [0.5, 0.6) is 0 Å². The molecule has 0 atom stereocenters. The van der Waals surface area contributed by atoms with Crippen molar-refractivity contribution in [3.8, 4) is 0 Å². The first-order chi connectivity index (χ1) is 7.95. The van der Waals surface area contributed by atoms with Crippen LogP contribution in [0.4, 0.5) is 0 Å². The summed E-state index contributed by atoms with van der Waals surface area (Å²) < 4.78 is 0. The summed E-state index contributed by atoms with van der Waals surface area (Å²) in [6.07, 6.45) is 7.15. The lowest BCUT2D eigenvalue weighted by molar-refractivity contribution is 0.639. The highest BCUT2D eigenvalue weighted by Gasteiger charge is 1.95. The molecule has 5 nitrogen and oxygen atoms in total. The lowest BCUT2D eigenvalue weighted by Gasteiger charge is -2.03. The predicted octanol–water partition coefficient (Wildman–Crippen LogP) is 0.922. The van der Waals surface area contributed by atoms with Gasteiger partial charge >= 0.3 is 0 Å². The lowest BCUT2D eigenvalue weighted by atomic mass is 10.2. The van der Waals surface area contributed by atoms with E-state index >= 15 is 0 Å². The Bertz CT molecular complexity index is 384. The van der Waals surface area contributed by atoms with Crippen LogP contribution in [0.2, 0.25) is 0 Å². The van der Waals surface area contributed by atoms with Gasteiger partial charge in [0.25, 0.3) is 0 Å². The van der Waals surface area contributed by atoms with Crippen LogP contribution in [0.25, 0.3) is 0 Å². The van der Waals surface area contributed by atoms with Crippen molar-refractivity contribution in [2.75, 3.05) is 6.54 Å². The van der Waals surface area contributed by atoms with Gasteiger partial charge in [0, 0.05) is 25.4 Å². The Morgan fingerprint density at radius 3 is 2.88 bits per heavy atom. The van der Waals surface area contributed by atoms with Crippen LogP contribution in [-0.2, 0) is 13.0 Å². The highest BCUT2D eigenvalue weighted by molar-refractivity contribution is 5.08. The molecule has 2 rings (SSSR count). The van der Waals surface area contributed by atoms with Crippen molar-refractivity contribution in [3.05, 3.63) is 42.2 Å². The van der Waals surface area contributed by atoms with Crippen LogP contribution in [0.15, 0.2) is 30.9 Å². The summed E-state index contributed by atoms with van der Waals surface area (Å²) in [5, 5.41) is 10.0. The number of rotatable bonds is 6. The molecule has 2 aromatic rings. The molecule has 0 aliphatic heterocycles. The molecule has 2 N–H and O–H groups in total. The quantitative estimate of drug-likeness (QED) is 0.706. The molecule has 2 heterocycles. The Hall–Kier alpha value is -1.75. The first-order valence-corrected chi connectivity index (χ1v) is 5.39. The minimum atomic E-state index is 0.888. The van der Waals surface area contributed by atoms with Crippen molar-refractivity contribution in [3.63, 3.8) is 0 Å². The Kier molecular flexibility index (Phi) is 4.01. The highest BCUT2D eigenvalue weighted by atomic mass is 15.2. The summed E-state index contributed by atoms with van der Waals surface area (Å²) in [4.78, 5) is 8.05. The number of pyridine rings is 1. The van der Waals surface area contributed by atoms with Gasteiger partial charge in [-0.05, 0) is 30.7 Å². The Morgan fingerprint density at radius 1 is 1.25 bits per heavy atom. The molecule has 0 aliphatic carbocycles. The van der Waals surface area contributed by atoms with E-state index in [-0.39, 0.29) is 0 Å². The number of H-pyrrole nitrogens is 1. The molecule has 0 bridgehead atoms. The predicted molar refractivity (Wildman–Crippen MR) is 60.6 cm³/mol. The van der Waals surface area contributed by atoms with Gasteiger partial charge in [-0.25, -0.2) is 4.98 Å². The minimum Gasteiger partial charge on any atom is -0.313 e. The van der Waals surface area contributed by atoms with Crippen molar-refractivity contribution in [2.24, 2.45) is 0 Å². The van der Waals surface area contributed by atoms with Gasteiger partial charge in [0.05, 0.1) is 0 Å². The Morgan fingerprint density at radius 2 is 2.12 bits per heavy atom. The third-order valence-electron chi connectivity index (χ3n) is 2.31. The molecule has 0 aliphatic rings. The van der Waals surface area contributed by atoms with Crippen molar-refractivity contribution >= 4 is 0 Å². The fraction of sp³-hybridized carbons (Fsp3) is 0.364. The zero-order chi connectivity index (χ0) is 11.1. The standard InChI is InChI=1S/C11H15N5/c1(2-11-14-9-15-16-11)5-13-8-10-3-6-12-7-4-10/h3-4,6-7,9,13H,1-2,5,8H2,(H,14,15,16). The van der Waals surface area contributed by atoms with Gasteiger partial charge in [-0.3, -0.25) is 10.1 Å². The number of nitrogens with zero attached hydrogens (tertiary/aromatic N) is 3. The first-order valence-electron chi connectivity index (χ1n) is 5.39. The summed E-state index contributed by atoms with van der Waals surface area (Å²) in [5.41, 5.74) is 1.26. The fourth-order valence-electron chi connectivity index (χ4n) is 1.47. The monoisotopic (exact) mass is 217 g/mol. The molecular weight excluding hydrogens is 202 g/mol. The van der Waals surface area contributed by atoms with E-state index in [1.807, 2.05) is 24.5 Å². The SMILES string of the molecule is c1cc(CNCCCc2ncn[nH]2)ccn1. The molecule has 0 amide bonds. The second-order valence-electron chi connectivity index (χ2n) is 3.57. The van der Waals surface area contributed by atoms with Gasteiger partial charge in [-0.1, -0.05) is 0 Å². The van der Waals surface area contributed by atoms with E-state index in [0.717, 1.165) is 31.8 Å². The fourth-order valence-corrected chi connectivity index (χ4v) is 1.47. The summed E-state index contributed by atoms with van der Waals surface area (Å²) >= 11 is 0. The van der Waals surface area contributed by atoms with E-state index in [9.17, 15) is 0 Å². The number of aryl methyl sites for hydroxylation is 1. The number of nitrogens with one attached hydrogen (secondary N) is 2. The van der Waals surface area contributed by atoms with E-state index in [2.05, 4.69) is 25.5 Å². The molecule has 0 aromatic carbocycles. The van der Waals surface area contributed by atoms with Crippen LogP contribution in [0, 0.1) is 0 Å². The van der Waals surface area contributed by atoms with Crippen LogP contribution in [-0.4, -0.2) is 26.7 Å². The lowest BCUT2D eigenvalue weighted by Crippen LogP contribution is -2.15. The van der Waals surface area contributed by atoms with Crippen molar-refractivity contribution in [1.82, 2.24) is 25.5 Å². The molecule has 0 saturated carbocycles. The third kappa shape index (κ3) is 3.43. The molecule has 5 heteroatoms. The molecule has 0 spiro atoms. The second kappa shape index (κ2) is 5.97. The molecule has 2 aromatic heterocycles. The van der Waals surface area contributed by atoms with Gasteiger partial charge < -0.3 is 5.32 Å².